The second-order valence-electron chi connectivity index (χ2n) is 8.32. The van der Waals surface area contributed by atoms with Crippen LogP contribution in [0.25, 0.3) is 11.1 Å². The van der Waals surface area contributed by atoms with Crippen molar-refractivity contribution in [2.75, 3.05) is 13.2 Å². The molecule has 0 saturated carbocycles. The Labute approximate surface area is 191 Å². The molecule has 2 amide bonds. The van der Waals surface area contributed by atoms with Crippen LogP contribution >= 0.6 is 0 Å². The van der Waals surface area contributed by atoms with Crippen molar-refractivity contribution in [3.63, 3.8) is 0 Å². The molecule has 0 saturated heterocycles. The number of ether oxygens (including phenoxy) is 1. The van der Waals surface area contributed by atoms with Gasteiger partial charge in [-0.3, -0.25) is 4.79 Å². The van der Waals surface area contributed by atoms with Crippen molar-refractivity contribution < 1.29 is 24.5 Å². The largest absolute Gasteiger partial charge is 0.449 e. The minimum atomic E-state index is -1.26. The third kappa shape index (κ3) is 3.97. The molecule has 3 aromatic carbocycles. The van der Waals surface area contributed by atoms with Crippen molar-refractivity contribution in [3.8, 4) is 11.1 Å². The maximum Gasteiger partial charge on any atom is 0.407 e. The number of hydrogen-bond acceptors (Lipinski definition) is 5. The normalized spacial score (nSPS) is 15.8. The molecule has 1 aliphatic carbocycles. The van der Waals surface area contributed by atoms with Crippen LogP contribution < -0.4 is 10.6 Å². The molecule has 0 spiro atoms. The molecule has 0 aromatic heterocycles. The molecule has 2 unspecified atom stereocenters. The summed E-state index contributed by atoms with van der Waals surface area (Å²) in [6.45, 7) is 0.427. The van der Waals surface area contributed by atoms with Crippen LogP contribution in [0, 0.1) is 0 Å². The molecule has 5 rings (SSSR count). The predicted molar refractivity (Wildman–Crippen MR) is 122 cm³/mol. The zero-order valence-electron chi connectivity index (χ0n) is 17.8. The van der Waals surface area contributed by atoms with Crippen molar-refractivity contribution >= 4 is 12.0 Å². The van der Waals surface area contributed by atoms with Gasteiger partial charge >= 0.3 is 6.09 Å². The minimum absolute atomic E-state index is 0.0591. The van der Waals surface area contributed by atoms with Gasteiger partial charge in [0.2, 0.25) is 0 Å². The molecule has 2 atom stereocenters. The van der Waals surface area contributed by atoms with E-state index in [0.29, 0.717) is 17.7 Å². The number of carbonyl (C=O) groups excluding carboxylic acids is 2. The van der Waals surface area contributed by atoms with Crippen LogP contribution in [0.1, 0.15) is 44.6 Å². The first-order valence-electron chi connectivity index (χ1n) is 10.9. The Bertz CT molecular complexity index is 1180. The lowest BCUT2D eigenvalue weighted by molar-refractivity contribution is 0.0185. The lowest BCUT2D eigenvalue weighted by Gasteiger charge is -2.20. The molecule has 33 heavy (non-hydrogen) atoms. The molecule has 0 radical (unpaired) electrons. The average molecular weight is 444 g/mol. The van der Waals surface area contributed by atoms with E-state index >= 15 is 0 Å². The highest BCUT2D eigenvalue weighted by Crippen LogP contribution is 2.44. The first-order valence-corrected chi connectivity index (χ1v) is 10.9. The quantitative estimate of drug-likeness (QED) is 0.468. The number of amides is 2. The van der Waals surface area contributed by atoms with E-state index in [-0.39, 0.29) is 25.0 Å². The van der Waals surface area contributed by atoms with E-state index in [9.17, 15) is 19.8 Å². The lowest BCUT2D eigenvalue weighted by atomic mass is 9.98. The van der Waals surface area contributed by atoms with Crippen molar-refractivity contribution in [2.24, 2.45) is 0 Å². The average Bonchev–Trinajstić information content (AvgIpc) is 3.38. The summed E-state index contributed by atoms with van der Waals surface area (Å²) >= 11 is 0. The van der Waals surface area contributed by atoms with Gasteiger partial charge in [0.15, 0.2) is 0 Å². The Morgan fingerprint density at radius 3 is 2.36 bits per heavy atom. The van der Waals surface area contributed by atoms with Crippen molar-refractivity contribution in [1.82, 2.24) is 10.6 Å². The summed E-state index contributed by atoms with van der Waals surface area (Å²) in [5.41, 5.74) is 6.26. The molecule has 0 fully saturated rings. The Balaban J connectivity index is 1.18. The lowest BCUT2D eigenvalue weighted by Crippen LogP contribution is -2.36. The summed E-state index contributed by atoms with van der Waals surface area (Å²) in [7, 11) is 0. The molecular weight excluding hydrogens is 420 g/mol. The standard InChI is InChI=1S/C26H24N2O5/c29-23(24(30)15-9-10-16-12-27-25(31)21(16)11-15)13-28-26(32)33-14-22-19-7-3-1-5-17(19)18-6-2-4-8-20(18)22/h1-11,22-24,29-30H,12-14H2,(H,27,31)(H,28,32). The Kier molecular flexibility index (Phi) is 5.58. The van der Waals surface area contributed by atoms with Gasteiger partial charge in [-0.25, -0.2) is 4.79 Å². The van der Waals surface area contributed by atoms with Gasteiger partial charge in [-0.15, -0.1) is 0 Å². The zero-order chi connectivity index (χ0) is 22.9. The van der Waals surface area contributed by atoms with Crippen LogP contribution in [0.15, 0.2) is 66.7 Å². The molecule has 7 nitrogen and oxygen atoms in total. The fourth-order valence-electron chi connectivity index (χ4n) is 4.59. The maximum atomic E-state index is 12.3. The van der Waals surface area contributed by atoms with Gasteiger partial charge in [0.25, 0.3) is 5.91 Å². The van der Waals surface area contributed by atoms with Gasteiger partial charge in [0, 0.05) is 24.6 Å². The highest BCUT2D eigenvalue weighted by Gasteiger charge is 2.29. The van der Waals surface area contributed by atoms with Gasteiger partial charge < -0.3 is 25.6 Å². The molecule has 168 valence electrons. The van der Waals surface area contributed by atoms with E-state index in [1.807, 2.05) is 36.4 Å². The fourth-order valence-corrected chi connectivity index (χ4v) is 4.59. The zero-order valence-corrected chi connectivity index (χ0v) is 17.8. The number of rotatable bonds is 6. The first-order chi connectivity index (χ1) is 16.0. The van der Waals surface area contributed by atoms with Gasteiger partial charge in [-0.1, -0.05) is 60.7 Å². The monoisotopic (exact) mass is 444 g/mol. The first kappa shape index (κ1) is 21.2. The van der Waals surface area contributed by atoms with Crippen molar-refractivity contribution in [3.05, 3.63) is 94.5 Å². The number of hydrogen-bond donors (Lipinski definition) is 4. The van der Waals surface area contributed by atoms with Crippen molar-refractivity contribution in [1.29, 1.82) is 0 Å². The van der Waals surface area contributed by atoms with Crippen LogP contribution in [-0.2, 0) is 11.3 Å². The Hall–Kier alpha value is -3.68. The van der Waals surface area contributed by atoms with Crippen LogP contribution in [0.2, 0.25) is 0 Å². The summed E-state index contributed by atoms with van der Waals surface area (Å²) in [5, 5.41) is 26.0. The summed E-state index contributed by atoms with van der Waals surface area (Å²) < 4.78 is 5.45. The SMILES string of the molecule is O=C(NCC(O)C(O)c1ccc2c(c1)C(=O)NC2)OCC1c2ccccc2-c2ccccc21. The predicted octanol–water partition coefficient (Wildman–Crippen LogP) is 2.86. The van der Waals surface area contributed by atoms with Gasteiger partial charge in [0.1, 0.15) is 18.8 Å². The highest BCUT2D eigenvalue weighted by molar-refractivity contribution is 5.98. The van der Waals surface area contributed by atoms with Crippen LogP contribution in [0.4, 0.5) is 4.79 Å². The number of alkyl carbamates (subject to hydrolysis) is 1. The molecule has 1 heterocycles. The van der Waals surface area contributed by atoms with E-state index in [1.165, 1.54) is 0 Å². The van der Waals surface area contributed by atoms with Crippen LogP contribution in [0.5, 0.6) is 0 Å². The van der Waals surface area contributed by atoms with Gasteiger partial charge in [0.05, 0.1) is 0 Å². The van der Waals surface area contributed by atoms with E-state index in [0.717, 1.165) is 27.8 Å². The summed E-state index contributed by atoms with van der Waals surface area (Å²) in [6, 6.07) is 21.1. The number of fused-ring (bicyclic) bond motifs is 4. The molecule has 1 aliphatic heterocycles. The topological polar surface area (TPSA) is 108 Å². The second-order valence-corrected chi connectivity index (χ2v) is 8.32. The number of nitrogens with one attached hydrogen (secondary N) is 2. The third-order valence-corrected chi connectivity index (χ3v) is 6.32. The molecular formula is C26H24N2O5. The van der Waals surface area contributed by atoms with E-state index < -0.39 is 18.3 Å². The Morgan fingerprint density at radius 1 is 1.00 bits per heavy atom. The Morgan fingerprint density at radius 2 is 1.67 bits per heavy atom. The molecule has 3 aromatic rings. The van der Waals surface area contributed by atoms with E-state index in [2.05, 4.69) is 22.8 Å². The van der Waals surface area contributed by atoms with Crippen LogP contribution in [-0.4, -0.2) is 41.5 Å². The van der Waals surface area contributed by atoms with Crippen LogP contribution in [0.3, 0.4) is 0 Å². The number of aliphatic hydroxyl groups excluding tert-OH is 2. The highest BCUT2D eigenvalue weighted by atomic mass is 16.5. The molecule has 7 heteroatoms. The fraction of sp³-hybridized carbons (Fsp3) is 0.231. The minimum Gasteiger partial charge on any atom is -0.449 e. The maximum absolute atomic E-state index is 12.3. The third-order valence-electron chi connectivity index (χ3n) is 6.32. The van der Waals surface area contributed by atoms with Gasteiger partial charge in [-0.05, 0) is 39.4 Å². The van der Waals surface area contributed by atoms with Crippen molar-refractivity contribution in [2.45, 2.75) is 24.7 Å². The molecule has 4 N–H and O–H groups in total. The van der Waals surface area contributed by atoms with E-state index in [4.69, 9.17) is 4.74 Å². The van der Waals surface area contributed by atoms with Gasteiger partial charge in [-0.2, -0.15) is 0 Å². The second kappa shape index (κ2) is 8.69. The summed E-state index contributed by atoms with van der Waals surface area (Å²) in [6.07, 6.45) is -3.18. The number of carbonyl (C=O) groups is 2. The molecule has 2 aliphatic rings. The number of benzene rings is 3. The summed E-state index contributed by atoms with van der Waals surface area (Å²) in [4.78, 5) is 24.1. The smallest absolute Gasteiger partial charge is 0.407 e. The summed E-state index contributed by atoms with van der Waals surface area (Å²) in [5.74, 6) is -0.262. The number of aliphatic hydroxyl groups is 2. The molecule has 0 bridgehead atoms. The van der Waals surface area contributed by atoms with E-state index in [1.54, 1.807) is 18.2 Å².